The zero-order valence-corrected chi connectivity index (χ0v) is 15.1. The van der Waals surface area contributed by atoms with Gasteiger partial charge in [0.1, 0.15) is 0 Å². The van der Waals surface area contributed by atoms with Gasteiger partial charge in [-0.3, -0.25) is 14.9 Å². The Bertz CT molecular complexity index is 693. The van der Waals surface area contributed by atoms with Crippen molar-refractivity contribution in [3.05, 3.63) is 33.5 Å². The quantitative estimate of drug-likeness (QED) is 0.853. The van der Waals surface area contributed by atoms with Gasteiger partial charge in [0.25, 0.3) is 5.91 Å². The smallest absolute Gasteiger partial charge is 0.267 e. The van der Waals surface area contributed by atoms with E-state index in [0.717, 1.165) is 25.9 Å². The molecule has 2 amide bonds. The van der Waals surface area contributed by atoms with Crippen LogP contribution in [0.2, 0.25) is 0 Å². The standard InChI is InChI=1S/C16H20N4O2S2/c1-20(12-4-6-17-7-5-12)14(21)9-11-10-24-16(18-11)19-15(22)13-3-2-8-23-13/h2-3,8,10,12,17H,4-7,9H2,1H3,(H,18,19,22). The topological polar surface area (TPSA) is 74.3 Å². The van der Waals surface area contributed by atoms with Crippen LogP contribution in [0.4, 0.5) is 5.13 Å². The molecule has 1 aliphatic rings. The molecule has 0 aliphatic carbocycles. The monoisotopic (exact) mass is 364 g/mol. The Kier molecular flexibility index (Phi) is 5.60. The maximum absolute atomic E-state index is 12.4. The number of aromatic nitrogens is 1. The molecule has 0 atom stereocenters. The second-order valence-corrected chi connectivity index (χ2v) is 7.54. The maximum Gasteiger partial charge on any atom is 0.267 e. The van der Waals surface area contributed by atoms with Crippen LogP contribution in [0.25, 0.3) is 0 Å². The van der Waals surface area contributed by atoms with Crippen molar-refractivity contribution in [3.63, 3.8) is 0 Å². The zero-order valence-electron chi connectivity index (χ0n) is 13.4. The number of likely N-dealkylation sites (N-methyl/N-ethyl adjacent to an activating group) is 1. The molecule has 1 saturated heterocycles. The van der Waals surface area contributed by atoms with Gasteiger partial charge in [0, 0.05) is 18.5 Å². The summed E-state index contributed by atoms with van der Waals surface area (Å²) >= 11 is 2.73. The van der Waals surface area contributed by atoms with Crippen LogP contribution in [0.15, 0.2) is 22.9 Å². The van der Waals surface area contributed by atoms with E-state index >= 15 is 0 Å². The number of rotatable bonds is 5. The highest BCUT2D eigenvalue weighted by Gasteiger charge is 2.22. The second-order valence-electron chi connectivity index (χ2n) is 5.74. The van der Waals surface area contributed by atoms with Crippen LogP contribution in [0.3, 0.4) is 0 Å². The first kappa shape index (κ1) is 17.1. The fourth-order valence-corrected chi connectivity index (χ4v) is 4.01. The van der Waals surface area contributed by atoms with E-state index in [1.54, 1.807) is 6.07 Å². The first-order valence-electron chi connectivity index (χ1n) is 7.89. The highest BCUT2D eigenvalue weighted by atomic mass is 32.1. The second kappa shape index (κ2) is 7.87. The number of anilines is 1. The van der Waals surface area contributed by atoms with Crippen molar-refractivity contribution in [1.82, 2.24) is 15.2 Å². The minimum Gasteiger partial charge on any atom is -0.342 e. The van der Waals surface area contributed by atoms with Crippen molar-refractivity contribution in [3.8, 4) is 0 Å². The van der Waals surface area contributed by atoms with E-state index in [1.165, 1.54) is 22.7 Å². The van der Waals surface area contributed by atoms with Gasteiger partial charge in [-0.2, -0.15) is 0 Å². The molecule has 8 heteroatoms. The molecule has 6 nitrogen and oxygen atoms in total. The van der Waals surface area contributed by atoms with Crippen LogP contribution in [0.1, 0.15) is 28.2 Å². The van der Waals surface area contributed by atoms with Crippen LogP contribution in [0.5, 0.6) is 0 Å². The number of piperidine rings is 1. The molecule has 1 fully saturated rings. The lowest BCUT2D eigenvalue weighted by atomic mass is 10.0. The van der Waals surface area contributed by atoms with Crippen LogP contribution in [-0.4, -0.2) is 47.9 Å². The molecular formula is C16H20N4O2S2. The molecule has 2 aromatic heterocycles. The van der Waals surface area contributed by atoms with Crippen molar-refractivity contribution >= 4 is 39.6 Å². The lowest BCUT2D eigenvalue weighted by Crippen LogP contribution is -2.44. The average molecular weight is 364 g/mol. The van der Waals surface area contributed by atoms with Gasteiger partial charge in [-0.1, -0.05) is 6.07 Å². The van der Waals surface area contributed by atoms with Gasteiger partial charge in [-0.25, -0.2) is 4.98 Å². The number of nitrogens with zero attached hydrogens (tertiary/aromatic N) is 2. The first-order chi connectivity index (χ1) is 11.6. The Morgan fingerprint density at radius 1 is 1.38 bits per heavy atom. The SMILES string of the molecule is CN(C(=O)Cc1csc(NC(=O)c2cccs2)n1)C1CCNCC1. The summed E-state index contributed by atoms with van der Waals surface area (Å²) in [6, 6.07) is 3.91. The lowest BCUT2D eigenvalue weighted by Gasteiger charge is -2.31. The number of nitrogens with one attached hydrogen (secondary N) is 2. The number of amides is 2. The molecule has 2 aromatic rings. The third kappa shape index (κ3) is 4.19. The Labute approximate surface area is 148 Å². The lowest BCUT2D eigenvalue weighted by molar-refractivity contribution is -0.131. The van der Waals surface area contributed by atoms with E-state index in [0.29, 0.717) is 21.7 Å². The summed E-state index contributed by atoms with van der Waals surface area (Å²) in [6.07, 6.45) is 2.24. The molecule has 1 aliphatic heterocycles. The fraction of sp³-hybridized carbons (Fsp3) is 0.438. The molecule has 2 N–H and O–H groups in total. The maximum atomic E-state index is 12.4. The van der Waals surface area contributed by atoms with Gasteiger partial charge < -0.3 is 10.2 Å². The molecule has 0 spiro atoms. The highest BCUT2D eigenvalue weighted by molar-refractivity contribution is 7.14. The molecule has 0 unspecified atom stereocenters. The van der Waals surface area contributed by atoms with Crippen LogP contribution in [-0.2, 0) is 11.2 Å². The Hall–Kier alpha value is -1.77. The van der Waals surface area contributed by atoms with Crippen molar-refractivity contribution in [2.45, 2.75) is 25.3 Å². The first-order valence-corrected chi connectivity index (χ1v) is 9.65. The fourth-order valence-electron chi connectivity index (χ4n) is 2.69. The van der Waals surface area contributed by atoms with Crippen molar-refractivity contribution in [2.24, 2.45) is 0 Å². The third-order valence-electron chi connectivity index (χ3n) is 4.10. The third-order valence-corrected chi connectivity index (χ3v) is 5.77. The predicted molar refractivity (Wildman–Crippen MR) is 96.8 cm³/mol. The van der Waals surface area contributed by atoms with E-state index < -0.39 is 0 Å². The Morgan fingerprint density at radius 3 is 2.88 bits per heavy atom. The number of thiazole rings is 1. The summed E-state index contributed by atoms with van der Waals surface area (Å²) < 4.78 is 0. The number of carbonyl (C=O) groups excluding carboxylic acids is 2. The van der Waals surface area contributed by atoms with Gasteiger partial charge in [0.2, 0.25) is 5.91 Å². The zero-order chi connectivity index (χ0) is 16.9. The normalized spacial score (nSPS) is 15.2. The Morgan fingerprint density at radius 2 is 2.17 bits per heavy atom. The van der Waals surface area contributed by atoms with Crippen molar-refractivity contribution in [1.29, 1.82) is 0 Å². The Balaban J connectivity index is 1.55. The summed E-state index contributed by atoms with van der Waals surface area (Å²) in [4.78, 5) is 31.3. The minimum atomic E-state index is -0.163. The molecule has 3 heterocycles. The predicted octanol–water partition coefficient (Wildman–Crippen LogP) is 2.21. The van der Waals surface area contributed by atoms with Gasteiger partial charge in [0.05, 0.1) is 17.0 Å². The molecule has 0 saturated carbocycles. The number of thiophene rings is 1. The summed E-state index contributed by atoms with van der Waals surface area (Å²) in [5, 5.41) is 10.3. The van der Waals surface area contributed by atoms with E-state index in [4.69, 9.17) is 0 Å². The summed E-state index contributed by atoms with van der Waals surface area (Å²) in [6.45, 7) is 1.91. The summed E-state index contributed by atoms with van der Waals surface area (Å²) in [5.74, 6) is -0.0904. The molecule has 0 bridgehead atoms. The van der Waals surface area contributed by atoms with Crippen LogP contribution < -0.4 is 10.6 Å². The van der Waals surface area contributed by atoms with Crippen LogP contribution in [0, 0.1) is 0 Å². The number of hydrogen-bond acceptors (Lipinski definition) is 6. The average Bonchev–Trinajstić information content (AvgIpc) is 3.27. The van der Waals surface area contributed by atoms with E-state index in [2.05, 4.69) is 15.6 Å². The van der Waals surface area contributed by atoms with Gasteiger partial charge in [-0.15, -0.1) is 22.7 Å². The molecule has 0 aromatic carbocycles. The summed E-state index contributed by atoms with van der Waals surface area (Å²) in [7, 11) is 1.87. The van der Waals surface area contributed by atoms with E-state index in [-0.39, 0.29) is 18.2 Å². The van der Waals surface area contributed by atoms with E-state index in [1.807, 2.05) is 28.8 Å². The largest absolute Gasteiger partial charge is 0.342 e. The minimum absolute atomic E-state index is 0.0725. The molecule has 128 valence electrons. The van der Waals surface area contributed by atoms with Crippen LogP contribution >= 0.6 is 22.7 Å². The molecular weight excluding hydrogens is 344 g/mol. The number of hydrogen-bond donors (Lipinski definition) is 2. The highest BCUT2D eigenvalue weighted by Crippen LogP contribution is 2.19. The molecule has 0 radical (unpaired) electrons. The molecule has 3 rings (SSSR count). The number of carbonyl (C=O) groups is 2. The van der Waals surface area contributed by atoms with E-state index in [9.17, 15) is 9.59 Å². The van der Waals surface area contributed by atoms with Gasteiger partial charge in [0.15, 0.2) is 5.13 Å². The van der Waals surface area contributed by atoms with Crippen molar-refractivity contribution < 1.29 is 9.59 Å². The van der Waals surface area contributed by atoms with Gasteiger partial charge in [-0.05, 0) is 37.4 Å². The van der Waals surface area contributed by atoms with Gasteiger partial charge >= 0.3 is 0 Å². The molecule has 24 heavy (non-hydrogen) atoms. The van der Waals surface area contributed by atoms with Crippen molar-refractivity contribution in [2.75, 3.05) is 25.5 Å². The summed E-state index contributed by atoms with van der Waals surface area (Å²) in [5.41, 5.74) is 0.701.